The van der Waals surface area contributed by atoms with Gasteiger partial charge in [0.25, 0.3) is 0 Å². The molecule has 1 saturated carbocycles. The third-order valence-corrected chi connectivity index (χ3v) is 7.26. The van der Waals surface area contributed by atoms with Crippen molar-refractivity contribution in [1.82, 2.24) is 10.2 Å². The van der Waals surface area contributed by atoms with E-state index in [1.165, 1.54) is 11.1 Å². The van der Waals surface area contributed by atoms with Crippen molar-refractivity contribution in [3.63, 3.8) is 0 Å². The minimum Gasteiger partial charge on any atom is -0.481 e. The first-order valence-corrected chi connectivity index (χ1v) is 11.6. The summed E-state index contributed by atoms with van der Waals surface area (Å²) in [7, 11) is 0. The number of benzene rings is 2. The van der Waals surface area contributed by atoms with Gasteiger partial charge >= 0.3 is 12.1 Å². The number of likely N-dealkylation sites (tertiary alicyclic amines) is 1. The standard InChI is InChI=1S/C26H28N2O5/c29-23(30)13-17-9-12-28(14-17)24(31)26(10-11-26)16-27-25(32)33-15-22-20-7-3-1-5-18(20)19-6-2-4-8-21(19)22/h1-8,17,22H,9-16H2,(H,27,32)(H,29,30). The highest BCUT2D eigenvalue weighted by Crippen LogP contribution is 2.48. The molecule has 1 atom stereocenters. The zero-order valence-electron chi connectivity index (χ0n) is 18.5. The lowest BCUT2D eigenvalue weighted by Crippen LogP contribution is -2.42. The molecule has 2 aliphatic carbocycles. The van der Waals surface area contributed by atoms with E-state index < -0.39 is 17.5 Å². The molecule has 2 fully saturated rings. The molecule has 2 amide bonds. The molecular formula is C26H28N2O5. The first-order chi connectivity index (χ1) is 16.0. The lowest BCUT2D eigenvalue weighted by molar-refractivity contribution is -0.139. The van der Waals surface area contributed by atoms with Gasteiger partial charge in [-0.3, -0.25) is 9.59 Å². The second-order valence-corrected chi connectivity index (χ2v) is 9.46. The van der Waals surface area contributed by atoms with Crippen molar-refractivity contribution < 1.29 is 24.2 Å². The largest absolute Gasteiger partial charge is 0.481 e. The fourth-order valence-corrected chi connectivity index (χ4v) is 5.27. The number of hydrogen-bond donors (Lipinski definition) is 2. The Hall–Kier alpha value is -3.35. The third kappa shape index (κ3) is 4.19. The molecule has 1 saturated heterocycles. The van der Waals surface area contributed by atoms with Crippen molar-refractivity contribution in [2.24, 2.45) is 11.3 Å². The molecule has 1 aliphatic heterocycles. The van der Waals surface area contributed by atoms with Crippen LogP contribution in [0.15, 0.2) is 48.5 Å². The van der Waals surface area contributed by atoms with Crippen LogP contribution in [-0.4, -0.2) is 54.2 Å². The van der Waals surface area contributed by atoms with E-state index in [4.69, 9.17) is 9.84 Å². The summed E-state index contributed by atoms with van der Waals surface area (Å²) in [5.74, 6) is -0.797. The van der Waals surface area contributed by atoms with Gasteiger partial charge in [0.15, 0.2) is 0 Å². The summed E-state index contributed by atoms with van der Waals surface area (Å²) < 4.78 is 5.59. The zero-order chi connectivity index (χ0) is 23.0. The highest BCUT2D eigenvalue weighted by atomic mass is 16.5. The number of aliphatic carboxylic acids is 1. The Morgan fingerprint density at radius 2 is 1.67 bits per heavy atom. The van der Waals surface area contributed by atoms with Crippen LogP contribution in [0.2, 0.25) is 0 Å². The summed E-state index contributed by atoms with van der Waals surface area (Å²) in [6, 6.07) is 16.4. The molecule has 2 aromatic carbocycles. The quantitative estimate of drug-likeness (QED) is 0.674. The van der Waals surface area contributed by atoms with E-state index in [9.17, 15) is 14.4 Å². The molecule has 172 valence electrons. The van der Waals surface area contributed by atoms with Gasteiger partial charge < -0.3 is 20.1 Å². The van der Waals surface area contributed by atoms with Gasteiger partial charge in [0.05, 0.1) is 5.41 Å². The number of carbonyl (C=O) groups is 3. The lowest BCUT2D eigenvalue weighted by atomic mass is 9.98. The van der Waals surface area contributed by atoms with Gasteiger partial charge in [-0.2, -0.15) is 0 Å². The van der Waals surface area contributed by atoms with E-state index in [1.807, 2.05) is 24.3 Å². The predicted octanol–water partition coefficient (Wildman–Crippen LogP) is 3.63. The fourth-order valence-electron chi connectivity index (χ4n) is 5.27. The Kier molecular flexibility index (Phi) is 5.56. The third-order valence-electron chi connectivity index (χ3n) is 7.26. The average Bonchev–Trinajstić information content (AvgIpc) is 3.36. The Morgan fingerprint density at radius 1 is 1.03 bits per heavy atom. The normalized spacial score (nSPS) is 20.1. The van der Waals surface area contributed by atoms with Crippen LogP contribution in [0.4, 0.5) is 4.79 Å². The lowest BCUT2D eigenvalue weighted by Gasteiger charge is -2.23. The van der Waals surface area contributed by atoms with Crippen molar-refractivity contribution in [3.8, 4) is 11.1 Å². The Bertz CT molecular complexity index is 1050. The number of nitrogens with one attached hydrogen (secondary N) is 1. The molecule has 5 rings (SSSR count). The van der Waals surface area contributed by atoms with E-state index in [2.05, 4.69) is 29.6 Å². The number of rotatable bonds is 7. The van der Waals surface area contributed by atoms with Crippen LogP contribution >= 0.6 is 0 Å². The van der Waals surface area contributed by atoms with E-state index in [-0.39, 0.29) is 37.3 Å². The number of carboxylic acid groups (broad SMARTS) is 1. The Morgan fingerprint density at radius 3 is 2.27 bits per heavy atom. The molecule has 2 N–H and O–H groups in total. The zero-order valence-corrected chi connectivity index (χ0v) is 18.5. The smallest absolute Gasteiger partial charge is 0.407 e. The topological polar surface area (TPSA) is 95.9 Å². The summed E-state index contributed by atoms with van der Waals surface area (Å²) >= 11 is 0. The number of nitrogens with zero attached hydrogens (tertiary/aromatic N) is 1. The summed E-state index contributed by atoms with van der Waals surface area (Å²) in [5.41, 5.74) is 4.10. The molecule has 0 aromatic heterocycles. The van der Waals surface area contributed by atoms with E-state index >= 15 is 0 Å². The van der Waals surface area contributed by atoms with Crippen molar-refractivity contribution in [2.75, 3.05) is 26.2 Å². The highest BCUT2D eigenvalue weighted by Gasteiger charge is 2.52. The second kappa shape index (κ2) is 8.54. The number of alkyl carbamates (subject to hydrolysis) is 1. The number of carbonyl (C=O) groups excluding carboxylic acids is 2. The van der Waals surface area contributed by atoms with Gasteiger partial charge in [-0.25, -0.2) is 4.79 Å². The van der Waals surface area contributed by atoms with Crippen LogP contribution in [-0.2, 0) is 14.3 Å². The van der Waals surface area contributed by atoms with Gasteiger partial charge in [-0.15, -0.1) is 0 Å². The van der Waals surface area contributed by atoms with E-state index in [0.29, 0.717) is 19.5 Å². The maximum Gasteiger partial charge on any atom is 0.407 e. The van der Waals surface area contributed by atoms with Gasteiger partial charge in [0.2, 0.25) is 5.91 Å². The first kappa shape index (κ1) is 21.5. The second-order valence-electron chi connectivity index (χ2n) is 9.46. The summed E-state index contributed by atoms with van der Waals surface area (Å²) in [6.45, 7) is 1.56. The van der Waals surface area contributed by atoms with Gasteiger partial charge in [-0.05, 0) is 47.4 Å². The molecule has 0 spiro atoms. The maximum absolute atomic E-state index is 13.0. The molecular weight excluding hydrogens is 420 g/mol. The number of carboxylic acids is 1. The minimum absolute atomic E-state index is 0.00423. The maximum atomic E-state index is 13.0. The van der Waals surface area contributed by atoms with Crippen LogP contribution in [0.25, 0.3) is 11.1 Å². The van der Waals surface area contributed by atoms with Crippen LogP contribution in [0.1, 0.15) is 42.7 Å². The fraction of sp³-hybridized carbons (Fsp3) is 0.423. The van der Waals surface area contributed by atoms with Crippen LogP contribution in [0.3, 0.4) is 0 Å². The number of ether oxygens (including phenoxy) is 1. The number of amides is 2. The number of fused-ring (bicyclic) bond motifs is 3. The van der Waals surface area contributed by atoms with Crippen molar-refractivity contribution in [2.45, 2.75) is 31.6 Å². The van der Waals surface area contributed by atoms with Crippen molar-refractivity contribution in [1.29, 1.82) is 0 Å². The molecule has 2 aromatic rings. The summed E-state index contributed by atoms with van der Waals surface area (Å²) in [4.78, 5) is 38.2. The summed E-state index contributed by atoms with van der Waals surface area (Å²) in [5, 5.41) is 11.8. The Labute approximate surface area is 192 Å². The highest BCUT2D eigenvalue weighted by molar-refractivity contribution is 5.86. The van der Waals surface area contributed by atoms with Gasteiger partial charge in [0.1, 0.15) is 6.61 Å². The van der Waals surface area contributed by atoms with E-state index in [0.717, 1.165) is 24.0 Å². The average molecular weight is 449 g/mol. The molecule has 0 radical (unpaired) electrons. The Balaban J connectivity index is 1.15. The van der Waals surface area contributed by atoms with Crippen LogP contribution in [0, 0.1) is 11.3 Å². The van der Waals surface area contributed by atoms with Crippen molar-refractivity contribution >= 4 is 18.0 Å². The minimum atomic E-state index is -0.827. The van der Waals surface area contributed by atoms with Gasteiger partial charge in [0, 0.05) is 32.0 Å². The van der Waals surface area contributed by atoms with Gasteiger partial charge in [-0.1, -0.05) is 48.5 Å². The van der Waals surface area contributed by atoms with Crippen molar-refractivity contribution in [3.05, 3.63) is 59.7 Å². The summed E-state index contributed by atoms with van der Waals surface area (Å²) in [6.07, 6.45) is 1.76. The monoisotopic (exact) mass is 448 g/mol. The van der Waals surface area contributed by atoms with Crippen LogP contribution in [0.5, 0.6) is 0 Å². The van der Waals surface area contributed by atoms with E-state index in [1.54, 1.807) is 4.90 Å². The first-order valence-electron chi connectivity index (χ1n) is 11.6. The molecule has 1 unspecified atom stereocenters. The molecule has 1 heterocycles. The molecule has 33 heavy (non-hydrogen) atoms. The molecule has 7 nitrogen and oxygen atoms in total. The molecule has 0 bridgehead atoms. The van der Waals surface area contributed by atoms with Crippen LogP contribution < -0.4 is 5.32 Å². The predicted molar refractivity (Wildman–Crippen MR) is 122 cm³/mol. The number of hydrogen-bond acceptors (Lipinski definition) is 4. The molecule has 3 aliphatic rings. The SMILES string of the molecule is O=C(O)CC1CCN(C(=O)C2(CNC(=O)OCC3c4ccccc4-c4ccccc43)CC2)C1. The molecule has 7 heteroatoms.